The summed E-state index contributed by atoms with van der Waals surface area (Å²) < 4.78 is 34.7. The normalized spacial score (nSPS) is 16.5. The van der Waals surface area contributed by atoms with Crippen LogP contribution < -0.4 is 20.1 Å². The van der Waals surface area contributed by atoms with Crippen LogP contribution in [-0.4, -0.2) is 26.8 Å². The van der Waals surface area contributed by atoms with Crippen molar-refractivity contribution in [1.29, 1.82) is 0 Å². The fourth-order valence-electron chi connectivity index (χ4n) is 3.31. The van der Waals surface area contributed by atoms with E-state index in [1.165, 1.54) is 18.4 Å². The summed E-state index contributed by atoms with van der Waals surface area (Å²) in [6.07, 6.45) is 2.88. The van der Waals surface area contributed by atoms with Crippen LogP contribution in [0.4, 0.5) is 14.5 Å². The summed E-state index contributed by atoms with van der Waals surface area (Å²) in [5.74, 6) is 0.384. The Bertz CT molecular complexity index is 725. The zero-order chi connectivity index (χ0) is 18.4. The van der Waals surface area contributed by atoms with Crippen LogP contribution in [0, 0.1) is 0 Å². The SMILES string of the molecule is COc1ccc(CCNC2CCCNc3ccccc32)cc1OC(F)F. The molecule has 1 aliphatic heterocycles. The molecule has 0 spiro atoms. The van der Waals surface area contributed by atoms with Gasteiger partial charge in [0.05, 0.1) is 7.11 Å². The highest BCUT2D eigenvalue weighted by Gasteiger charge is 2.17. The number of methoxy groups -OCH3 is 1. The molecule has 140 valence electrons. The Kier molecular flexibility index (Phi) is 6.28. The summed E-state index contributed by atoms with van der Waals surface area (Å²) in [6, 6.07) is 13.8. The van der Waals surface area contributed by atoms with E-state index in [0.717, 1.165) is 37.9 Å². The number of halogens is 2. The van der Waals surface area contributed by atoms with E-state index in [9.17, 15) is 8.78 Å². The Balaban J connectivity index is 1.63. The Morgan fingerprint density at radius 3 is 2.85 bits per heavy atom. The monoisotopic (exact) mass is 362 g/mol. The molecule has 1 unspecified atom stereocenters. The minimum atomic E-state index is -2.87. The van der Waals surface area contributed by atoms with E-state index in [1.54, 1.807) is 12.1 Å². The highest BCUT2D eigenvalue weighted by atomic mass is 19.3. The van der Waals surface area contributed by atoms with Gasteiger partial charge in [-0.25, -0.2) is 0 Å². The number of para-hydroxylation sites is 1. The van der Waals surface area contributed by atoms with Crippen LogP contribution in [0.3, 0.4) is 0 Å². The number of rotatable bonds is 7. The van der Waals surface area contributed by atoms with Crippen molar-refractivity contribution >= 4 is 5.69 Å². The molecule has 0 amide bonds. The Morgan fingerprint density at radius 1 is 1.19 bits per heavy atom. The number of alkyl halides is 2. The van der Waals surface area contributed by atoms with Crippen LogP contribution in [0.1, 0.15) is 30.0 Å². The Labute approximate surface area is 152 Å². The number of hydrogen-bond acceptors (Lipinski definition) is 4. The van der Waals surface area contributed by atoms with Crippen molar-refractivity contribution in [2.75, 3.05) is 25.5 Å². The summed E-state index contributed by atoms with van der Waals surface area (Å²) in [7, 11) is 1.44. The molecule has 2 N–H and O–H groups in total. The van der Waals surface area contributed by atoms with Crippen molar-refractivity contribution in [2.24, 2.45) is 0 Å². The molecule has 0 bridgehead atoms. The third-order valence-corrected chi connectivity index (χ3v) is 4.57. The second-order valence-corrected chi connectivity index (χ2v) is 6.28. The third-order valence-electron chi connectivity index (χ3n) is 4.57. The van der Waals surface area contributed by atoms with Crippen LogP contribution in [0.25, 0.3) is 0 Å². The van der Waals surface area contributed by atoms with Crippen molar-refractivity contribution in [3.63, 3.8) is 0 Å². The number of nitrogens with one attached hydrogen (secondary N) is 2. The van der Waals surface area contributed by atoms with Crippen molar-refractivity contribution in [3.05, 3.63) is 53.6 Å². The lowest BCUT2D eigenvalue weighted by Gasteiger charge is -2.19. The first-order valence-corrected chi connectivity index (χ1v) is 8.85. The maximum atomic E-state index is 12.5. The molecule has 26 heavy (non-hydrogen) atoms. The largest absolute Gasteiger partial charge is 0.493 e. The van der Waals surface area contributed by atoms with Gasteiger partial charge in [-0.2, -0.15) is 8.78 Å². The molecule has 1 aliphatic rings. The topological polar surface area (TPSA) is 42.5 Å². The van der Waals surface area contributed by atoms with E-state index in [1.807, 2.05) is 12.1 Å². The summed E-state index contributed by atoms with van der Waals surface area (Å²) in [5, 5.41) is 7.05. The van der Waals surface area contributed by atoms with Gasteiger partial charge in [0, 0.05) is 18.3 Å². The lowest BCUT2D eigenvalue weighted by molar-refractivity contribution is -0.0512. The average molecular weight is 362 g/mol. The first-order chi connectivity index (χ1) is 12.7. The molecule has 0 saturated heterocycles. The number of benzene rings is 2. The van der Waals surface area contributed by atoms with Gasteiger partial charge in [-0.05, 0) is 55.1 Å². The highest BCUT2D eigenvalue weighted by molar-refractivity contribution is 5.53. The molecule has 2 aromatic rings. The van der Waals surface area contributed by atoms with Crippen LogP contribution in [0.2, 0.25) is 0 Å². The number of anilines is 1. The molecule has 6 heteroatoms. The zero-order valence-corrected chi connectivity index (χ0v) is 14.8. The van der Waals surface area contributed by atoms with Crippen LogP contribution in [0.15, 0.2) is 42.5 Å². The molecule has 3 rings (SSSR count). The van der Waals surface area contributed by atoms with Gasteiger partial charge >= 0.3 is 6.61 Å². The fraction of sp³-hybridized carbons (Fsp3) is 0.400. The van der Waals surface area contributed by atoms with E-state index in [-0.39, 0.29) is 11.8 Å². The van der Waals surface area contributed by atoms with Crippen LogP contribution in [0.5, 0.6) is 11.5 Å². The molecule has 1 atom stereocenters. The first-order valence-electron chi connectivity index (χ1n) is 8.85. The van der Waals surface area contributed by atoms with E-state index in [4.69, 9.17) is 4.74 Å². The average Bonchev–Trinajstić information content (AvgIpc) is 2.84. The molecule has 2 aromatic carbocycles. The van der Waals surface area contributed by atoms with E-state index in [0.29, 0.717) is 5.75 Å². The molecule has 0 fully saturated rings. The standard InChI is InChI=1S/C20H24F2N2O2/c1-25-18-9-8-14(13-19(18)26-20(21)22)10-12-24-17-7-4-11-23-16-6-3-2-5-15(16)17/h2-3,5-6,8-9,13,17,20,23-24H,4,7,10-12H2,1H3. The molecule has 0 saturated carbocycles. The second-order valence-electron chi connectivity index (χ2n) is 6.28. The van der Waals surface area contributed by atoms with Gasteiger partial charge < -0.3 is 20.1 Å². The van der Waals surface area contributed by atoms with Gasteiger partial charge in [-0.15, -0.1) is 0 Å². The smallest absolute Gasteiger partial charge is 0.387 e. The number of hydrogen-bond donors (Lipinski definition) is 2. The van der Waals surface area contributed by atoms with E-state index in [2.05, 4.69) is 33.6 Å². The quantitative estimate of drug-likeness (QED) is 0.767. The molecule has 4 nitrogen and oxygen atoms in total. The summed E-state index contributed by atoms with van der Waals surface area (Å²) in [5.41, 5.74) is 3.38. The molecular weight excluding hydrogens is 338 g/mol. The Hall–Kier alpha value is -2.34. The van der Waals surface area contributed by atoms with Gasteiger partial charge in [-0.1, -0.05) is 24.3 Å². The van der Waals surface area contributed by atoms with Crippen molar-refractivity contribution in [3.8, 4) is 11.5 Å². The zero-order valence-electron chi connectivity index (χ0n) is 14.8. The van der Waals surface area contributed by atoms with E-state index < -0.39 is 6.61 Å². The summed E-state index contributed by atoms with van der Waals surface area (Å²) in [6.45, 7) is -1.14. The fourth-order valence-corrected chi connectivity index (χ4v) is 3.31. The molecule has 0 aliphatic carbocycles. The van der Waals surface area contributed by atoms with Crippen molar-refractivity contribution in [2.45, 2.75) is 31.9 Å². The minimum absolute atomic E-state index is 0.0732. The first kappa shape index (κ1) is 18.5. The lowest BCUT2D eigenvalue weighted by Crippen LogP contribution is -2.23. The number of ether oxygens (including phenoxy) is 2. The second kappa shape index (κ2) is 8.85. The van der Waals surface area contributed by atoms with E-state index >= 15 is 0 Å². The van der Waals surface area contributed by atoms with Crippen molar-refractivity contribution in [1.82, 2.24) is 5.32 Å². The number of fused-ring (bicyclic) bond motifs is 1. The summed E-state index contributed by atoms with van der Waals surface area (Å²) in [4.78, 5) is 0. The maximum Gasteiger partial charge on any atom is 0.387 e. The third kappa shape index (κ3) is 4.64. The lowest BCUT2D eigenvalue weighted by atomic mass is 10.0. The summed E-state index contributed by atoms with van der Waals surface area (Å²) >= 11 is 0. The Morgan fingerprint density at radius 2 is 2.04 bits per heavy atom. The van der Waals surface area contributed by atoms with Gasteiger partial charge in [0.15, 0.2) is 11.5 Å². The molecule has 0 radical (unpaired) electrons. The maximum absolute atomic E-state index is 12.5. The molecule has 0 aromatic heterocycles. The highest BCUT2D eigenvalue weighted by Crippen LogP contribution is 2.31. The predicted octanol–water partition coefficient (Wildman–Crippen LogP) is 4.38. The van der Waals surface area contributed by atoms with Crippen LogP contribution in [-0.2, 0) is 6.42 Å². The van der Waals surface area contributed by atoms with Crippen molar-refractivity contribution < 1.29 is 18.3 Å². The molecular formula is C20H24F2N2O2. The molecule has 1 heterocycles. The predicted molar refractivity (Wildman–Crippen MR) is 98.2 cm³/mol. The van der Waals surface area contributed by atoms with Gasteiger partial charge in [0.2, 0.25) is 0 Å². The van der Waals surface area contributed by atoms with Gasteiger partial charge in [0.25, 0.3) is 0 Å². The van der Waals surface area contributed by atoms with Gasteiger partial charge in [0.1, 0.15) is 0 Å². The minimum Gasteiger partial charge on any atom is -0.493 e. The van der Waals surface area contributed by atoms with Crippen LogP contribution >= 0.6 is 0 Å². The van der Waals surface area contributed by atoms with Gasteiger partial charge in [-0.3, -0.25) is 0 Å².